The Morgan fingerprint density at radius 3 is 2.73 bits per heavy atom. The maximum atomic E-state index is 4.27. The van der Waals surface area contributed by atoms with Crippen LogP contribution >= 0.6 is 24.0 Å². The summed E-state index contributed by atoms with van der Waals surface area (Å²) in [5.74, 6) is 0.877. The number of aliphatic imine (C=N–C) groups is 1. The van der Waals surface area contributed by atoms with Gasteiger partial charge in [-0.15, -0.1) is 24.0 Å². The minimum Gasteiger partial charge on any atom is -0.358 e. The third-order valence-corrected chi connectivity index (χ3v) is 3.91. The molecule has 0 amide bonds. The highest BCUT2D eigenvalue weighted by Gasteiger charge is 2.08. The lowest BCUT2D eigenvalue weighted by Crippen LogP contribution is -2.42. The van der Waals surface area contributed by atoms with E-state index in [-0.39, 0.29) is 24.0 Å². The molecule has 122 valence electrons. The van der Waals surface area contributed by atoms with Gasteiger partial charge in [-0.1, -0.05) is 25.1 Å². The van der Waals surface area contributed by atoms with Crippen molar-refractivity contribution in [3.05, 3.63) is 35.5 Å². The van der Waals surface area contributed by atoms with Crippen molar-refractivity contribution < 1.29 is 0 Å². The van der Waals surface area contributed by atoms with Crippen molar-refractivity contribution in [2.24, 2.45) is 4.99 Å². The minimum absolute atomic E-state index is 0. The molecule has 1 atom stereocenters. The minimum atomic E-state index is 0. The molecule has 0 saturated heterocycles. The van der Waals surface area contributed by atoms with Crippen molar-refractivity contribution in [1.29, 1.82) is 0 Å². The molecule has 0 saturated carbocycles. The summed E-state index contributed by atoms with van der Waals surface area (Å²) in [6.45, 7) is 7.34. The van der Waals surface area contributed by atoms with Crippen LogP contribution in [0.25, 0.3) is 10.9 Å². The van der Waals surface area contributed by atoms with Crippen molar-refractivity contribution >= 4 is 40.8 Å². The van der Waals surface area contributed by atoms with Crippen LogP contribution in [0.1, 0.15) is 31.5 Å². The van der Waals surface area contributed by atoms with Gasteiger partial charge in [0.15, 0.2) is 5.96 Å². The molecule has 2 rings (SSSR count). The van der Waals surface area contributed by atoms with Crippen LogP contribution in [0.2, 0.25) is 0 Å². The van der Waals surface area contributed by atoms with E-state index >= 15 is 0 Å². The molecule has 2 aromatic rings. The highest BCUT2D eigenvalue weighted by molar-refractivity contribution is 14.0. The highest BCUT2D eigenvalue weighted by atomic mass is 127. The van der Waals surface area contributed by atoms with Crippen LogP contribution in [0.4, 0.5) is 0 Å². The Hall–Kier alpha value is -1.24. The van der Waals surface area contributed by atoms with Gasteiger partial charge in [-0.25, -0.2) is 0 Å². The van der Waals surface area contributed by atoms with Gasteiger partial charge < -0.3 is 15.6 Å². The monoisotopic (exact) mass is 414 g/mol. The number of H-pyrrole nitrogens is 1. The molecule has 0 bridgehead atoms. The zero-order valence-electron chi connectivity index (χ0n) is 13.9. The van der Waals surface area contributed by atoms with Crippen molar-refractivity contribution in [2.75, 3.05) is 13.6 Å². The van der Waals surface area contributed by atoms with Crippen LogP contribution in [0.3, 0.4) is 0 Å². The smallest absolute Gasteiger partial charge is 0.191 e. The summed E-state index contributed by atoms with van der Waals surface area (Å²) >= 11 is 0. The third kappa shape index (κ3) is 4.63. The quantitative estimate of drug-likeness (QED) is 0.398. The number of hydrogen-bond donors (Lipinski definition) is 3. The van der Waals surface area contributed by atoms with Gasteiger partial charge >= 0.3 is 0 Å². The Bertz CT molecular complexity index is 618. The first-order chi connectivity index (χ1) is 10.2. The fraction of sp³-hybridized carbons (Fsp3) is 0.471. The number of halogens is 1. The average Bonchev–Trinajstić information content (AvgIpc) is 2.82. The first-order valence-corrected chi connectivity index (χ1v) is 7.69. The van der Waals surface area contributed by atoms with E-state index in [0.717, 1.165) is 25.3 Å². The first kappa shape index (κ1) is 18.8. The molecular formula is C17H27IN4. The second-order valence-electron chi connectivity index (χ2n) is 5.48. The Morgan fingerprint density at radius 2 is 2.05 bits per heavy atom. The predicted molar refractivity (Wildman–Crippen MR) is 106 cm³/mol. The number of benzene rings is 1. The molecule has 1 unspecified atom stereocenters. The number of fused-ring (bicyclic) bond motifs is 1. The van der Waals surface area contributed by atoms with Crippen LogP contribution in [0, 0.1) is 6.92 Å². The summed E-state index contributed by atoms with van der Waals surface area (Å²) in [5, 5.41) is 8.09. The lowest BCUT2D eigenvalue weighted by Gasteiger charge is -2.16. The SMILES string of the molecule is CCC(C)NC(=NC)NCCc1c(C)[nH]c2ccccc12.I. The third-order valence-electron chi connectivity index (χ3n) is 3.91. The van der Waals surface area contributed by atoms with Gasteiger partial charge in [0.1, 0.15) is 0 Å². The van der Waals surface area contributed by atoms with Gasteiger partial charge in [0, 0.05) is 36.2 Å². The van der Waals surface area contributed by atoms with E-state index in [2.05, 4.69) is 65.6 Å². The summed E-state index contributed by atoms with van der Waals surface area (Å²) in [5.41, 5.74) is 3.85. The van der Waals surface area contributed by atoms with E-state index in [0.29, 0.717) is 6.04 Å². The van der Waals surface area contributed by atoms with Gasteiger partial charge in [-0.05, 0) is 38.3 Å². The summed E-state index contributed by atoms with van der Waals surface area (Å²) < 4.78 is 0. The van der Waals surface area contributed by atoms with E-state index < -0.39 is 0 Å². The number of aromatic amines is 1. The Kier molecular flexibility index (Phi) is 7.72. The van der Waals surface area contributed by atoms with Gasteiger partial charge in [0.05, 0.1) is 0 Å². The molecule has 0 aliphatic rings. The van der Waals surface area contributed by atoms with Gasteiger partial charge in [0.25, 0.3) is 0 Å². The Labute approximate surface area is 150 Å². The van der Waals surface area contributed by atoms with Crippen LogP contribution in [0.5, 0.6) is 0 Å². The molecule has 0 fully saturated rings. The van der Waals surface area contributed by atoms with Crippen LogP contribution in [-0.2, 0) is 6.42 Å². The fourth-order valence-corrected chi connectivity index (χ4v) is 2.49. The predicted octanol–water partition coefficient (Wildman–Crippen LogP) is 3.60. The van der Waals surface area contributed by atoms with E-state index in [4.69, 9.17) is 0 Å². The number of nitrogens with zero attached hydrogens (tertiary/aromatic N) is 1. The maximum absolute atomic E-state index is 4.27. The van der Waals surface area contributed by atoms with Crippen molar-refractivity contribution in [3.63, 3.8) is 0 Å². The number of nitrogens with one attached hydrogen (secondary N) is 3. The zero-order valence-corrected chi connectivity index (χ0v) is 16.2. The normalized spacial score (nSPS) is 12.8. The number of guanidine groups is 1. The number of aromatic nitrogens is 1. The standard InChI is InChI=1S/C17H26N4.HI/c1-5-12(2)20-17(18-4)19-11-10-14-13(3)21-16-9-7-6-8-15(14)16;/h6-9,12,21H,5,10-11H2,1-4H3,(H2,18,19,20);1H. The molecule has 1 heterocycles. The Morgan fingerprint density at radius 1 is 1.32 bits per heavy atom. The van der Waals surface area contributed by atoms with Crippen molar-refractivity contribution in [2.45, 2.75) is 39.7 Å². The molecular weight excluding hydrogens is 387 g/mol. The van der Waals surface area contributed by atoms with E-state index in [1.807, 2.05) is 7.05 Å². The summed E-state index contributed by atoms with van der Waals surface area (Å²) in [6.07, 6.45) is 2.07. The molecule has 0 spiro atoms. The van der Waals surface area contributed by atoms with Crippen LogP contribution < -0.4 is 10.6 Å². The number of hydrogen-bond acceptors (Lipinski definition) is 1. The molecule has 0 radical (unpaired) electrons. The summed E-state index contributed by atoms with van der Waals surface area (Å²) in [7, 11) is 1.81. The second-order valence-corrected chi connectivity index (χ2v) is 5.48. The van der Waals surface area contributed by atoms with Crippen LogP contribution in [-0.4, -0.2) is 30.6 Å². The second kappa shape index (κ2) is 9.02. The number of para-hydroxylation sites is 1. The van der Waals surface area contributed by atoms with Crippen molar-refractivity contribution in [3.8, 4) is 0 Å². The highest BCUT2D eigenvalue weighted by Crippen LogP contribution is 2.21. The van der Waals surface area contributed by atoms with Crippen molar-refractivity contribution in [1.82, 2.24) is 15.6 Å². The first-order valence-electron chi connectivity index (χ1n) is 7.69. The molecule has 3 N–H and O–H groups in total. The van der Waals surface area contributed by atoms with E-state index in [1.54, 1.807) is 0 Å². The lowest BCUT2D eigenvalue weighted by molar-refractivity contribution is 0.624. The van der Waals surface area contributed by atoms with Gasteiger partial charge in [0.2, 0.25) is 0 Å². The van der Waals surface area contributed by atoms with Gasteiger partial charge in [-0.3, -0.25) is 4.99 Å². The molecule has 1 aromatic heterocycles. The number of aryl methyl sites for hydroxylation is 1. The molecule has 0 aliphatic heterocycles. The maximum Gasteiger partial charge on any atom is 0.191 e. The van der Waals surface area contributed by atoms with E-state index in [1.165, 1.54) is 22.2 Å². The summed E-state index contributed by atoms with van der Waals surface area (Å²) in [6, 6.07) is 8.91. The fourth-order valence-electron chi connectivity index (χ4n) is 2.49. The lowest BCUT2D eigenvalue weighted by atomic mass is 10.1. The average molecular weight is 414 g/mol. The van der Waals surface area contributed by atoms with Gasteiger partial charge in [-0.2, -0.15) is 0 Å². The largest absolute Gasteiger partial charge is 0.358 e. The Balaban J connectivity index is 0.00000242. The molecule has 4 nitrogen and oxygen atoms in total. The van der Waals surface area contributed by atoms with E-state index in [9.17, 15) is 0 Å². The zero-order chi connectivity index (χ0) is 15.2. The topological polar surface area (TPSA) is 52.2 Å². The number of rotatable bonds is 5. The molecule has 1 aromatic carbocycles. The molecule has 0 aliphatic carbocycles. The molecule has 5 heteroatoms. The van der Waals surface area contributed by atoms with Crippen LogP contribution in [0.15, 0.2) is 29.3 Å². The molecule has 22 heavy (non-hydrogen) atoms. The summed E-state index contributed by atoms with van der Waals surface area (Å²) in [4.78, 5) is 7.71.